The first-order chi connectivity index (χ1) is 10.3. The summed E-state index contributed by atoms with van der Waals surface area (Å²) >= 11 is 1.56. The van der Waals surface area contributed by atoms with Crippen LogP contribution in [0.25, 0.3) is 0 Å². The van der Waals surface area contributed by atoms with Gasteiger partial charge in [0, 0.05) is 30.6 Å². The van der Waals surface area contributed by atoms with Crippen molar-refractivity contribution in [3.63, 3.8) is 0 Å². The molecule has 110 valence electrons. The molecule has 0 radical (unpaired) electrons. The number of pyridine rings is 1. The number of carbonyl (C=O) groups excluding carboxylic acids is 1. The fourth-order valence-electron chi connectivity index (χ4n) is 2.32. The lowest BCUT2D eigenvalue weighted by molar-refractivity contribution is 0.252. The van der Waals surface area contributed by atoms with Crippen LogP contribution in [0.5, 0.6) is 0 Å². The highest BCUT2D eigenvalue weighted by Crippen LogP contribution is 2.19. The van der Waals surface area contributed by atoms with Gasteiger partial charge in [-0.1, -0.05) is 6.07 Å². The Morgan fingerprint density at radius 2 is 2.33 bits per heavy atom. The van der Waals surface area contributed by atoms with Crippen molar-refractivity contribution >= 4 is 28.9 Å². The number of nitrogens with one attached hydrogen (secondary N) is 3. The predicted octanol–water partition coefficient (Wildman–Crippen LogP) is 2.87. The molecule has 3 rings (SSSR count). The predicted molar refractivity (Wildman–Crippen MR) is 86.1 cm³/mol. The third kappa shape index (κ3) is 3.72. The SMILES string of the molecule is O=C(NCCc1ccc2c(n1)NCCC2)Nc1ccsc1. The monoisotopic (exact) mass is 302 g/mol. The molecule has 0 fully saturated rings. The maximum Gasteiger partial charge on any atom is 0.319 e. The van der Waals surface area contributed by atoms with Crippen LogP contribution in [-0.4, -0.2) is 24.1 Å². The summed E-state index contributed by atoms with van der Waals surface area (Å²) in [7, 11) is 0. The molecule has 1 aliphatic rings. The molecule has 2 amide bonds. The van der Waals surface area contributed by atoms with Crippen LogP contribution in [0.15, 0.2) is 29.0 Å². The smallest absolute Gasteiger partial charge is 0.319 e. The second-order valence-electron chi connectivity index (χ2n) is 4.98. The first-order valence-corrected chi connectivity index (χ1v) is 8.05. The van der Waals surface area contributed by atoms with E-state index in [0.717, 1.165) is 36.6 Å². The Bertz CT molecular complexity index is 612. The van der Waals surface area contributed by atoms with Crippen LogP contribution in [0, 0.1) is 0 Å². The molecule has 0 unspecified atom stereocenters. The minimum absolute atomic E-state index is 0.176. The molecule has 6 heteroatoms. The average Bonchev–Trinajstić information content (AvgIpc) is 3.00. The highest BCUT2D eigenvalue weighted by atomic mass is 32.1. The number of thiophene rings is 1. The molecule has 0 saturated heterocycles. The van der Waals surface area contributed by atoms with E-state index in [9.17, 15) is 4.79 Å². The van der Waals surface area contributed by atoms with Gasteiger partial charge in [-0.05, 0) is 35.9 Å². The summed E-state index contributed by atoms with van der Waals surface area (Å²) in [4.78, 5) is 16.3. The van der Waals surface area contributed by atoms with Crippen molar-refractivity contribution in [1.82, 2.24) is 10.3 Å². The van der Waals surface area contributed by atoms with E-state index in [1.54, 1.807) is 11.3 Å². The number of fused-ring (bicyclic) bond motifs is 1. The van der Waals surface area contributed by atoms with Gasteiger partial charge in [0.25, 0.3) is 0 Å². The Morgan fingerprint density at radius 1 is 1.38 bits per heavy atom. The Balaban J connectivity index is 1.48. The van der Waals surface area contributed by atoms with Gasteiger partial charge < -0.3 is 16.0 Å². The largest absolute Gasteiger partial charge is 0.370 e. The number of aryl methyl sites for hydroxylation is 1. The second-order valence-corrected chi connectivity index (χ2v) is 5.76. The summed E-state index contributed by atoms with van der Waals surface area (Å²) in [6.45, 7) is 1.56. The molecule has 0 spiro atoms. The fourth-order valence-corrected chi connectivity index (χ4v) is 2.91. The van der Waals surface area contributed by atoms with Crippen molar-refractivity contribution in [2.75, 3.05) is 23.7 Å². The third-order valence-electron chi connectivity index (χ3n) is 3.40. The molecule has 0 saturated carbocycles. The van der Waals surface area contributed by atoms with Gasteiger partial charge in [0.2, 0.25) is 0 Å². The Kier molecular flexibility index (Phi) is 4.35. The van der Waals surface area contributed by atoms with E-state index in [2.05, 4.69) is 27.0 Å². The molecule has 0 aromatic carbocycles. The van der Waals surface area contributed by atoms with Crippen molar-refractivity contribution < 1.29 is 4.79 Å². The molecular formula is C15H18N4OS. The van der Waals surface area contributed by atoms with Gasteiger partial charge in [0.1, 0.15) is 5.82 Å². The number of urea groups is 1. The molecule has 0 atom stereocenters. The lowest BCUT2D eigenvalue weighted by Gasteiger charge is -2.17. The topological polar surface area (TPSA) is 66.0 Å². The van der Waals surface area contributed by atoms with Gasteiger partial charge >= 0.3 is 6.03 Å². The standard InChI is InChI=1S/C15H18N4OS/c20-15(19-13-6-9-21-10-13)17-8-5-12-4-3-11-2-1-7-16-14(11)18-12/h3-4,6,9-10H,1-2,5,7-8H2,(H,16,18)(H2,17,19,20). The molecule has 0 aliphatic carbocycles. The van der Waals surface area contributed by atoms with Crippen molar-refractivity contribution in [3.8, 4) is 0 Å². The van der Waals surface area contributed by atoms with E-state index in [1.807, 2.05) is 22.9 Å². The van der Waals surface area contributed by atoms with Crippen LogP contribution in [0.3, 0.4) is 0 Å². The summed E-state index contributed by atoms with van der Waals surface area (Å²) in [5, 5.41) is 12.8. The van der Waals surface area contributed by atoms with Gasteiger partial charge in [-0.2, -0.15) is 11.3 Å². The summed E-state index contributed by atoms with van der Waals surface area (Å²) in [6.07, 6.45) is 2.99. The number of aromatic nitrogens is 1. The molecule has 0 bridgehead atoms. The molecule has 2 aromatic heterocycles. The van der Waals surface area contributed by atoms with Gasteiger partial charge in [0.15, 0.2) is 0 Å². The number of hydrogen-bond acceptors (Lipinski definition) is 4. The van der Waals surface area contributed by atoms with Gasteiger partial charge in [-0.25, -0.2) is 9.78 Å². The number of anilines is 2. The Hall–Kier alpha value is -2.08. The third-order valence-corrected chi connectivity index (χ3v) is 4.08. The van der Waals surface area contributed by atoms with Crippen LogP contribution < -0.4 is 16.0 Å². The molecule has 21 heavy (non-hydrogen) atoms. The van der Waals surface area contributed by atoms with Crippen LogP contribution in [0.4, 0.5) is 16.3 Å². The van der Waals surface area contributed by atoms with Crippen LogP contribution >= 0.6 is 11.3 Å². The lowest BCUT2D eigenvalue weighted by Crippen LogP contribution is -2.30. The van der Waals surface area contributed by atoms with Crippen molar-refractivity contribution in [3.05, 3.63) is 40.2 Å². The van der Waals surface area contributed by atoms with Crippen molar-refractivity contribution in [2.24, 2.45) is 0 Å². The quantitative estimate of drug-likeness (QED) is 0.813. The molecule has 5 nitrogen and oxygen atoms in total. The maximum atomic E-state index is 11.7. The summed E-state index contributed by atoms with van der Waals surface area (Å²) in [5.74, 6) is 1.00. The number of nitrogens with zero attached hydrogens (tertiary/aromatic N) is 1. The van der Waals surface area contributed by atoms with Crippen molar-refractivity contribution in [1.29, 1.82) is 0 Å². The van der Waals surface area contributed by atoms with Crippen LogP contribution in [0.2, 0.25) is 0 Å². The zero-order chi connectivity index (χ0) is 14.5. The average molecular weight is 302 g/mol. The van der Waals surface area contributed by atoms with E-state index < -0.39 is 0 Å². The van der Waals surface area contributed by atoms with E-state index in [1.165, 1.54) is 12.0 Å². The number of hydrogen-bond donors (Lipinski definition) is 3. The number of amides is 2. The summed E-state index contributed by atoms with van der Waals surface area (Å²) < 4.78 is 0. The second kappa shape index (κ2) is 6.58. The molecule has 2 aromatic rings. The summed E-state index contributed by atoms with van der Waals surface area (Å²) in [6, 6.07) is 5.88. The zero-order valence-electron chi connectivity index (χ0n) is 11.7. The Labute approximate surface area is 127 Å². The Morgan fingerprint density at radius 3 is 3.19 bits per heavy atom. The van der Waals surface area contributed by atoms with Crippen LogP contribution in [-0.2, 0) is 12.8 Å². The van der Waals surface area contributed by atoms with E-state index in [-0.39, 0.29) is 6.03 Å². The first kappa shape index (κ1) is 13.9. The van der Waals surface area contributed by atoms with Gasteiger partial charge in [-0.15, -0.1) is 0 Å². The summed E-state index contributed by atoms with van der Waals surface area (Å²) in [5.41, 5.74) is 3.11. The molecular weight excluding hydrogens is 284 g/mol. The normalized spacial score (nSPS) is 13.1. The minimum atomic E-state index is -0.176. The van der Waals surface area contributed by atoms with E-state index in [0.29, 0.717) is 6.54 Å². The maximum absolute atomic E-state index is 11.7. The highest BCUT2D eigenvalue weighted by molar-refractivity contribution is 7.08. The molecule has 3 N–H and O–H groups in total. The van der Waals surface area contributed by atoms with Gasteiger partial charge in [-0.3, -0.25) is 0 Å². The minimum Gasteiger partial charge on any atom is -0.370 e. The van der Waals surface area contributed by atoms with Crippen molar-refractivity contribution in [2.45, 2.75) is 19.3 Å². The van der Waals surface area contributed by atoms with Gasteiger partial charge in [0.05, 0.1) is 5.69 Å². The lowest BCUT2D eigenvalue weighted by atomic mass is 10.1. The molecule has 1 aliphatic heterocycles. The van der Waals surface area contributed by atoms with Crippen LogP contribution in [0.1, 0.15) is 17.7 Å². The first-order valence-electron chi connectivity index (χ1n) is 7.11. The fraction of sp³-hybridized carbons (Fsp3) is 0.333. The highest BCUT2D eigenvalue weighted by Gasteiger charge is 2.10. The van der Waals surface area contributed by atoms with E-state index >= 15 is 0 Å². The molecule has 3 heterocycles. The zero-order valence-corrected chi connectivity index (χ0v) is 12.5. The number of carbonyl (C=O) groups is 1. The number of rotatable bonds is 4. The van der Waals surface area contributed by atoms with E-state index in [4.69, 9.17) is 0 Å².